The lowest BCUT2D eigenvalue weighted by Gasteiger charge is -2.15. The first kappa shape index (κ1) is 17.9. The first-order valence-electron chi connectivity index (χ1n) is 8.22. The Labute approximate surface area is 128 Å². The lowest BCUT2D eigenvalue weighted by atomic mass is 10.0. The zero-order valence-electron chi connectivity index (χ0n) is 14.3. The van der Waals surface area contributed by atoms with Crippen LogP contribution in [0.3, 0.4) is 0 Å². The predicted molar refractivity (Wildman–Crippen MR) is 88.7 cm³/mol. The molecule has 1 rings (SSSR count). The van der Waals surface area contributed by atoms with Gasteiger partial charge in [0.15, 0.2) is 0 Å². The maximum absolute atomic E-state index is 12.0. The largest absolute Gasteiger partial charge is 0.310 e. The predicted octanol–water partition coefficient (Wildman–Crippen LogP) is 3.64. The van der Waals surface area contributed by atoms with Crippen molar-refractivity contribution in [3.63, 3.8) is 0 Å². The van der Waals surface area contributed by atoms with Crippen LogP contribution in [-0.4, -0.2) is 16.5 Å². The number of nitrogens with zero attached hydrogens (tertiary/aromatic N) is 1. The van der Waals surface area contributed by atoms with Crippen molar-refractivity contribution in [2.75, 3.05) is 6.54 Å². The van der Waals surface area contributed by atoms with Crippen molar-refractivity contribution in [2.24, 2.45) is 5.92 Å². The van der Waals surface area contributed by atoms with E-state index in [2.05, 4.69) is 29.1 Å². The number of rotatable bonds is 9. The molecule has 0 bridgehead atoms. The first-order valence-corrected chi connectivity index (χ1v) is 8.22. The monoisotopic (exact) mass is 293 g/mol. The molecular formula is C17H31N3O. The highest BCUT2D eigenvalue weighted by atomic mass is 16.1. The summed E-state index contributed by atoms with van der Waals surface area (Å²) in [5.41, 5.74) is 1.57. The molecule has 4 nitrogen and oxygen atoms in total. The van der Waals surface area contributed by atoms with Crippen LogP contribution in [0.4, 0.5) is 0 Å². The van der Waals surface area contributed by atoms with Crippen LogP contribution < -0.4 is 10.9 Å². The summed E-state index contributed by atoms with van der Waals surface area (Å²) in [6.45, 7) is 11.3. The molecule has 0 spiro atoms. The molecule has 0 radical (unpaired) electrons. The van der Waals surface area contributed by atoms with Crippen LogP contribution in [0.1, 0.15) is 76.0 Å². The van der Waals surface area contributed by atoms with E-state index in [0.29, 0.717) is 5.82 Å². The molecule has 0 fully saturated rings. The Morgan fingerprint density at radius 3 is 2.38 bits per heavy atom. The van der Waals surface area contributed by atoms with Crippen LogP contribution in [0, 0.1) is 19.8 Å². The summed E-state index contributed by atoms with van der Waals surface area (Å²) < 4.78 is 0. The summed E-state index contributed by atoms with van der Waals surface area (Å²) in [5.74, 6) is 1.49. The fourth-order valence-corrected chi connectivity index (χ4v) is 2.70. The van der Waals surface area contributed by atoms with Gasteiger partial charge >= 0.3 is 0 Å². The second-order valence-electron chi connectivity index (χ2n) is 6.42. The van der Waals surface area contributed by atoms with Crippen molar-refractivity contribution in [1.82, 2.24) is 15.3 Å². The van der Waals surface area contributed by atoms with Gasteiger partial charge in [0, 0.05) is 11.7 Å². The van der Waals surface area contributed by atoms with Crippen LogP contribution in [0.25, 0.3) is 0 Å². The lowest BCUT2D eigenvalue weighted by molar-refractivity contribution is 0.496. The van der Waals surface area contributed by atoms with E-state index in [-0.39, 0.29) is 11.6 Å². The fraction of sp³-hybridized carbons (Fsp3) is 0.765. The number of H-pyrrole nitrogens is 1. The zero-order valence-corrected chi connectivity index (χ0v) is 14.3. The SMILES string of the molecule is Cc1nc(C)c(C(C)NCCCCCCC(C)C)c(=O)[nH]1. The molecule has 0 aliphatic rings. The van der Waals surface area contributed by atoms with Crippen molar-refractivity contribution >= 4 is 0 Å². The van der Waals surface area contributed by atoms with E-state index >= 15 is 0 Å². The van der Waals surface area contributed by atoms with Gasteiger partial charge in [0.1, 0.15) is 5.82 Å². The molecule has 4 heteroatoms. The summed E-state index contributed by atoms with van der Waals surface area (Å²) >= 11 is 0. The van der Waals surface area contributed by atoms with Gasteiger partial charge in [-0.15, -0.1) is 0 Å². The Hall–Kier alpha value is -1.16. The number of aromatic nitrogens is 2. The normalized spacial score (nSPS) is 12.9. The Kier molecular flexibility index (Phi) is 7.65. The van der Waals surface area contributed by atoms with Crippen molar-refractivity contribution in [2.45, 2.75) is 72.8 Å². The minimum atomic E-state index is -0.0167. The third-order valence-electron chi connectivity index (χ3n) is 3.86. The third kappa shape index (κ3) is 6.42. The highest BCUT2D eigenvalue weighted by Crippen LogP contribution is 2.12. The number of nitrogens with one attached hydrogen (secondary N) is 2. The topological polar surface area (TPSA) is 57.8 Å². The Bertz CT molecular complexity index is 479. The molecule has 1 aromatic heterocycles. The highest BCUT2D eigenvalue weighted by Gasteiger charge is 2.13. The van der Waals surface area contributed by atoms with Crippen LogP contribution in [-0.2, 0) is 0 Å². The second-order valence-corrected chi connectivity index (χ2v) is 6.42. The van der Waals surface area contributed by atoms with Gasteiger partial charge in [-0.1, -0.05) is 39.5 Å². The molecule has 1 aromatic rings. The van der Waals surface area contributed by atoms with E-state index in [4.69, 9.17) is 0 Å². The van der Waals surface area contributed by atoms with Crippen LogP contribution in [0.2, 0.25) is 0 Å². The molecule has 1 unspecified atom stereocenters. The van der Waals surface area contributed by atoms with E-state index in [1.807, 2.05) is 20.8 Å². The molecule has 21 heavy (non-hydrogen) atoms. The summed E-state index contributed by atoms with van der Waals surface area (Å²) in [6.07, 6.45) is 6.38. The quantitative estimate of drug-likeness (QED) is 0.683. The van der Waals surface area contributed by atoms with E-state index in [0.717, 1.165) is 23.7 Å². The maximum Gasteiger partial charge on any atom is 0.255 e. The molecule has 0 aromatic carbocycles. The van der Waals surface area contributed by atoms with Gasteiger partial charge < -0.3 is 10.3 Å². The standard InChI is InChI=1S/C17H31N3O/c1-12(2)10-8-6-7-9-11-18-13(3)16-14(4)19-15(5)20-17(16)21/h12-13,18H,6-11H2,1-5H3,(H,19,20,21). The fourth-order valence-electron chi connectivity index (χ4n) is 2.70. The summed E-state index contributed by atoms with van der Waals surface area (Å²) in [5, 5.41) is 3.44. The van der Waals surface area contributed by atoms with Gasteiger partial charge in [0.2, 0.25) is 0 Å². The number of hydrogen-bond donors (Lipinski definition) is 2. The summed E-state index contributed by atoms with van der Waals surface area (Å²) in [4.78, 5) is 19.1. The van der Waals surface area contributed by atoms with Crippen molar-refractivity contribution in [3.05, 3.63) is 27.4 Å². The van der Waals surface area contributed by atoms with Gasteiger partial charge in [-0.25, -0.2) is 4.98 Å². The van der Waals surface area contributed by atoms with E-state index in [1.54, 1.807) is 0 Å². The molecule has 1 atom stereocenters. The molecule has 0 aliphatic heterocycles. The molecular weight excluding hydrogens is 262 g/mol. The third-order valence-corrected chi connectivity index (χ3v) is 3.86. The van der Waals surface area contributed by atoms with Gasteiger partial charge in [0.25, 0.3) is 5.56 Å². The summed E-state index contributed by atoms with van der Waals surface area (Å²) in [7, 11) is 0. The Morgan fingerprint density at radius 1 is 1.10 bits per heavy atom. The maximum atomic E-state index is 12.0. The van der Waals surface area contributed by atoms with Gasteiger partial charge in [0.05, 0.1) is 5.56 Å². The van der Waals surface area contributed by atoms with Crippen LogP contribution in [0.15, 0.2) is 4.79 Å². The molecule has 1 heterocycles. The Balaban J connectivity index is 2.32. The number of aromatic amines is 1. The molecule has 120 valence electrons. The Morgan fingerprint density at radius 2 is 1.76 bits per heavy atom. The smallest absolute Gasteiger partial charge is 0.255 e. The van der Waals surface area contributed by atoms with Gasteiger partial charge in [-0.3, -0.25) is 4.79 Å². The minimum Gasteiger partial charge on any atom is -0.310 e. The number of aryl methyl sites for hydroxylation is 2. The zero-order chi connectivity index (χ0) is 15.8. The van der Waals surface area contributed by atoms with E-state index < -0.39 is 0 Å². The van der Waals surface area contributed by atoms with E-state index in [1.165, 1.54) is 32.1 Å². The number of unbranched alkanes of at least 4 members (excludes halogenated alkanes) is 3. The average Bonchev–Trinajstić information content (AvgIpc) is 2.35. The summed E-state index contributed by atoms with van der Waals surface area (Å²) in [6, 6.07) is 0.0533. The van der Waals surface area contributed by atoms with Gasteiger partial charge in [-0.05, 0) is 39.7 Å². The lowest BCUT2D eigenvalue weighted by Crippen LogP contribution is -2.28. The minimum absolute atomic E-state index is 0.0167. The number of hydrogen-bond acceptors (Lipinski definition) is 3. The average molecular weight is 293 g/mol. The van der Waals surface area contributed by atoms with Crippen molar-refractivity contribution in [3.8, 4) is 0 Å². The first-order chi connectivity index (χ1) is 9.91. The van der Waals surface area contributed by atoms with E-state index in [9.17, 15) is 4.79 Å². The van der Waals surface area contributed by atoms with Crippen LogP contribution >= 0.6 is 0 Å². The van der Waals surface area contributed by atoms with Gasteiger partial charge in [-0.2, -0.15) is 0 Å². The van der Waals surface area contributed by atoms with Crippen molar-refractivity contribution < 1.29 is 0 Å². The molecule has 0 amide bonds. The van der Waals surface area contributed by atoms with Crippen LogP contribution in [0.5, 0.6) is 0 Å². The van der Waals surface area contributed by atoms with Crippen molar-refractivity contribution in [1.29, 1.82) is 0 Å². The highest BCUT2D eigenvalue weighted by molar-refractivity contribution is 5.19. The molecule has 0 aliphatic carbocycles. The molecule has 2 N–H and O–H groups in total. The molecule has 0 saturated carbocycles. The molecule has 0 saturated heterocycles. The second kappa shape index (κ2) is 8.98.